The number of nitrogens with zero attached hydrogens (tertiary/aromatic N) is 1. The zero-order chi connectivity index (χ0) is 26.7. The number of halogens is 5. The number of quaternary nitrogens is 1. The molecule has 0 radical (unpaired) electrons. The van der Waals surface area contributed by atoms with Gasteiger partial charge in [-0.25, -0.2) is 0 Å². The van der Waals surface area contributed by atoms with Crippen molar-refractivity contribution in [1.29, 1.82) is 0 Å². The fourth-order valence-electron chi connectivity index (χ4n) is 3.61. The van der Waals surface area contributed by atoms with Crippen LogP contribution in [0.3, 0.4) is 0 Å². The molecule has 0 aromatic rings. The van der Waals surface area contributed by atoms with E-state index in [1.165, 1.54) is 120 Å². The SMILES string of the molecule is CCCCCCCCCC[N+](C)(C)CCCCCCCCCC.O=S(=O)(O)C(F)(F)C(F)(F)F. The topological polar surface area (TPSA) is 54.4 Å². The molecule has 1 N–H and O–H groups in total. The molecule has 0 unspecified atom stereocenters. The first-order valence-corrected chi connectivity index (χ1v) is 14.3. The van der Waals surface area contributed by atoms with E-state index in [-0.39, 0.29) is 0 Å². The minimum absolute atomic E-state index is 1.24. The Morgan fingerprint density at radius 3 is 1.06 bits per heavy atom. The molecule has 0 spiro atoms. The van der Waals surface area contributed by atoms with Crippen molar-refractivity contribution in [3.05, 3.63) is 0 Å². The van der Waals surface area contributed by atoms with Crippen molar-refractivity contribution >= 4 is 10.1 Å². The van der Waals surface area contributed by atoms with Gasteiger partial charge in [-0.05, 0) is 25.7 Å². The highest BCUT2D eigenvalue weighted by atomic mass is 32.2. The highest BCUT2D eigenvalue weighted by molar-refractivity contribution is 7.86. The zero-order valence-electron chi connectivity index (χ0n) is 21.7. The predicted octanol–water partition coefficient (Wildman–Crippen LogP) is 8.37. The number of rotatable bonds is 19. The predicted molar refractivity (Wildman–Crippen MR) is 130 cm³/mol. The molecule has 208 valence electrons. The molecule has 0 aromatic heterocycles. The molecule has 0 amide bonds. The lowest BCUT2D eigenvalue weighted by Crippen LogP contribution is -2.43. The van der Waals surface area contributed by atoms with E-state index in [0.29, 0.717) is 0 Å². The quantitative estimate of drug-likeness (QED) is 0.0796. The Bertz CT molecular complexity index is 560. The van der Waals surface area contributed by atoms with Crippen LogP contribution in [-0.4, -0.2) is 56.1 Å². The van der Waals surface area contributed by atoms with Crippen molar-refractivity contribution in [2.75, 3.05) is 27.2 Å². The summed E-state index contributed by atoms with van der Waals surface area (Å²) in [5, 5.41) is -6.10. The lowest BCUT2D eigenvalue weighted by atomic mass is 10.1. The summed E-state index contributed by atoms with van der Waals surface area (Å²) in [6.45, 7) is 7.36. The lowest BCUT2D eigenvalue weighted by molar-refractivity contribution is -0.890. The summed E-state index contributed by atoms with van der Waals surface area (Å²) in [5.41, 5.74) is 0. The number of hydrogen-bond donors (Lipinski definition) is 1. The number of hydrogen-bond acceptors (Lipinski definition) is 2. The molecule has 0 aliphatic carbocycles. The van der Waals surface area contributed by atoms with Gasteiger partial charge in [-0.15, -0.1) is 0 Å². The molecule has 0 aliphatic heterocycles. The van der Waals surface area contributed by atoms with Gasteiger partial charge in [0.25, 0.3) is 0 Å². The summed E-state index contributed by atoms with van der Waals surface area (Å²) in [7, 11) is -1.55. The Morgan fingerprint density at radius 1 is 0.588 bits per heavy atom. The van der Waals surface area contributed by atoms with E-state index in [2.05, 4.69) is 27.9 Å². The van der Waals surface area contributed by atoms with Crippen LogP contribution in [0.4, 0.5) is 22.0 Å². The summed E-state index contributed by atoms with van der Waals surface area (Å²) < 4.78 is 83.5. The van der Waals surface area contributed by atoms with Crippen LogP contribution in [0.15, 0.2) is 0 Å². The Morgan fingerprint density at radius 2 is 0.853 bits per heavy atom. The second-order valence-corrected chi connectivity index (χ2v) is 11.3. The van der Waals surface area contributed by atoms with Crippen LogP contribution in [-0.2, 0) is 10.1 Å². The van der Waals surface area contributed by atoms with Crippen LogP contribution in [0, 0.1) is 0 Å². The van der Waals surface area contributed by atoms with Gasteiger partial charge >= 0.3 is 21.5 Å². The normalized spacial score (nSPS) is 13.0. The Hall–Kier alpha value is -0.480. The molecule has 0 rings (SSSR count). The summed E-state index contributed by atoms with van der Waals surface area (Å²) in [6, 6.07) is 0. The van der Waals surface area contributed by atoms with Gasteiger partial charge in [-0.3, -0.25) is 4.55 Å². The van der Waals surface area contributed by atoms with E-state index in [4.69, 9.17) is 4.55 Å². The van der Waals surface area contributed by atoms with Crippen molar-refractivity contribution in [2.24, 2.45) is 0 Å². The average molecular weight is 527 g/mol. The smallest absolute Gasteiger partial charge is 0.328 e. The molecule has 0 saturated heterocycles. The molecule has 34 heavy (non-hydrogen) atoms. The van der Waals surface area contributed by atoms with Crippen LogP contribution < -0.4 is 0 Å². The molecule has 0 bridgehead atoms. The third-order valence-electron chi connectivity index (χ3n) is 5.89. The summed E-state index contributed by atoms with van der Waals surface area (Å²) in [6.07, 6.45) is 16.7. The maximum Gasteiger partial charge on any atom is 0.472 e. The highest BCUT2D eigenvalue weighted by Gasteiger charge is 2.67. The first-order valence-electron chi connectivity index (χ1n) is 12.9. The molecule has 0 aliphatic rings. The second-order valence-electron chi connectivity index (χ2n) is 9.82. The maximum atomic E-state index is 11.5. The van der Waals surface area contributed by atoms with Crippen LogP contribution in [0.1, 0.15) is 117 Å². The van der Waals surface area contributed by atoms with Gasteiger partial charge in [0.05, 0.1) is 27.2 Å². The lowest BCUT2D eigenvalue weighted by Gasteiger charge is -2.30. The van der Waals surface area contributed by atoms with Crippen molar-refractivity contribution in [1.82, 2.24) is 0 Å². The van der Waals surface area contributed by atoms with E-state index in [1.807, 2.05) is 0 Å². The van der Waals surface area contributed by atoms with Crippen molar-refractivity contribution < 1.29 is 39.4 Å². The Labute approximate surface area is 205 Å². The van der Waals surface area contributed by atoms with Gasteiger partial charge in [-0.2, -0.15) is 30.4 Å². The van der Waals surface area contributed by atoms with E-state index in [9.17, 15) is 30.4 Å². The Balaban J connectivity index is 0. The molecule has 0 atom stereocenters. The van der Waals surface area contributed by atoms with Crippen LogP contribution in [0.25, 0.3) is 0 Å². The van der Waals surface area contributed by atoms with E-state index in [0.717, 1.165) is 0 Å². The molecule has 4 nitrogen and oxygen atoms in total. The first kappa shape index (κ1) is 35.7. The summed E-state index contributed by atoms with van der Waals surface area (Å²) in [4.78, 5) is 0. The highest BCUT2D eigenvalue weighted by Crippen LogP contribution is 2.38. The molecule has 0 fully saturated rings. The molecular weight excluding hydrogens is 477 g/mol. The van der Waals surface area contributed by atoms with Gasteiger partial charge in [-0.1, -0.05) is 90.9 Å². The third-order valence-corrected chi connectivity index (χ3v) is 6.77. The van der Waals surface area contributed by atoms with Gasteiger partial charge in [0.15, 0.2) is 0 Å². The fourth-order valence-corrected chi connectivity index (χ4v) is 3.90. The Kier molecular flexibility index (Phi) is 19.7. The minimum atomic E-state index is -6.42. The van der Waals surface area contributed by atoms with Crippen molar-refractivity contribution in [2.45, 2.75) is 128 Å². The van der Waals surface area contributed by atoms with Crippen LogP contribution >= 0.6 is 0 Å². The van der Waals surface area contributed by atoms with Crippen LogP contribution in [0.5, 0.6) is 0 Å². The molecular formula is C24H49F5NO3S+. The van der Waals surface area contributed by atoms with Gasteiger partial charge < -0.3 is 4.48 Å². The zero-order valence-corrected chi connectivity index (χ0v) is 22.6. The van der Waals surface area contributed by atoms with E-state index in [1.54, 1.807) is 0 Å². The largest absolute Gasteiger partial charge is 0.472 e. The molecule has 0 saturated carbocycles. The molecule has 10 heteroatoms. The third kappa shape index (κ3) is 18.8. The minimum Gasteiger partial charge on any atom is -0.328 e. The van der Waals surface area contributed by atoms with E-state index >= 15 is 0 Å². The van der Waals surface area contributed by atoms with Gasteiger partial charge in [0.2, 0.25) is 0 Å². The summed E-state index contributed by atoms with van der Waals surface area (Å²) >= 11 is 0. The van der Waals surface area contributed by atoms with Crippen LogP contribution in [0.2, 0.25) is 0 Å². The van der Waals surface area contributed by atoms with Crippen molar-refractivity contribution in [3.8, 4) is 0 Å². The molecule has 0 aromatic carbocycles. The number of alkyl halides is 5. The average Bonchev–Trinajstić information content (AvgIpc) is 2.71. The van der Waals surface area contributed by atoms with Gasteiger partial charge in [0, 0.05) is 0 Å². The van der Waals surface area contributed by atoms with Crippen molar-refractivity contribution in [3.63, 3.8) is 0 Å². The standard InChI is InChI=1S/C22H48N.C2HF5O3S/c1-5-7-9-11-13-15-17-19-21-23(3,4)22-20-18-16-14-12-10-8-6-2;3-1(4,5)2(6,7)11(8,9)10/h5-22H2,1-4H3;(H,8,9,10)/q+1;. The monoisotopic (exact) mass is 526 g/mol. The maximum absolute atomic E-state index is 11.5. The molecule has 0 heterocycles. The summed E-state index contributed by atoms with van der Waals surface area (Å²) in [5.74, 6) is 0. The van der Waals surface area contributed by atoms with Gasteiger partial charge in [0.1, 0.15) is 0 Å². The number of unbranched alkanes of at least 4 members (excludes halogenated alkanes) is 14. The second kappa shape index (κ2) is 18.7. The van der Waals surface area contributed by atoms with E-state index < -0.39 is 21.5 Å². The fraction of sp³-hybridized carbons (Fsp3) is 1.00. The first-order chi connectivity index (χ1) is 15.6.